The molecule has 0 radical (unpaired) electrons. The molecular formula is C13H16N2O3S. The van der Waals surface area contributed by atoms with Crippen LogP contribution in [0.25, 0.3) is 0 Å². The van der Waals surface area contributed by atoms with E-state index in [1.807, 2.05) is 16.8 Å². The minimum Gasteiger partial charge on any atom is -0.388 e. The van der Waals surface area contributed by atoms with Crippen molar-refractivity contribution in [2.75, 3.05) is 6.54 Å². The molecule has 6 heteroatoms. The topological polar surface area (TPSA) is 75.4 Å². The van der Waals surface area contributed by atoms with Crippen LogP contribution in [0.2, 0.25) is 0 Å². The highest BCUT2D eigenvalue weighted by Crippen LogP contribution is 2.15. The van der Waals surface area contributed by atoms with Crippen molar-refractivity contribution in [3.63, 3.8) is 0 Å². The standard InChI is InChI=1S/C13H16N2O3S/c1-9-5-11(15-18-9)12(16)14-8-13(2,17)6-10-3-4-19-7-10/h3-5,7,17H,6,8H2,1-2H3,(H,14,16). The van der Waals surface area contributed by atoms with Gasteiger partial charge in [0.2, 0.25) is 0 Å². The fourth-order valence-corrected chi connectivity index (χ4v) is 2.40. The van der Waals surface area contributed by atoms with E-state index in [0.29, 0.717) is 12.2 Å². The highest BCUT2D eigenvalue weighted by Gasteiger charge is 2.23. The second kappa shape index (κ2) is 5.54. The van der Waals surface area contributed by atoms with Crippen molar-refractivity contribution in [1.82, 2.24) is 10.5 Å². The van der Waals surface area contributed by atoms with E-state index >= 15 is 0 Å². The van der Waals surface area contributed by atoms with Crippen molar-refractivity contribution in [3.05, 3.63) is 39.9 Å². The number of rotatable bonds is 5. The molecule has 102 valence electrons. The highest BCUT2D eigenvalue weighted by atomic mass is 32.1. The Morgan fingerprint density at radius 2 is 2.42 bits per heavy atom. The van der Waals surface area contributed by atoms with Gasteiger partial charge in [0.05, 0.1) is 5.60 Å². The lowest BCUT2D eigenvalue weighted by molar-refractivity contribution is 0.0551. The molecule has 0 bridgehead atoms. The molecule has 2 heterocycles. The number of hydrogen-bond donors (Lipinski definition) is 2. The van der Waals surface area contributed by atoms with Crippen LogP contribution in [-0.2, 0) is 6.42 Å². The van der Waals surface area contributed by atoms with E-state index in [-0.39, 0.29) is 18.1 Å². The molecule has 1 atom stereocenters. The summed E-state index contributed by atoms with van der Waals surface area (Å²) in [5, 5.41) is 20.5. The van der Waals surface area contributed by atoms with Crippen molar-refractivity contribution in [2.45, 2.75) is 25.9 Å². The quantitative estimate of drug-likeness (QED) is 0.875. The van der Waals surface area contributed by atoms with E-state index in [4.69, 9.17) is 4.52 Å². The van der Waals surface area contributed by atoms with Crippen molar-refractivity contribution in [1.29, 1.82) is 0 Å². The van der Waals surface area contributed by atoms with Gasteiger partial charge in [-0.05, 0) is 36.2 Å². The maximum atomic E-state index is 11.8. The summed E-state index contributed by atoms with van der Waals surface area (Å²) in [6, 6.07) is 3.52. The van der Waals surface area contributed by atoms with Crippen LogP contribution < -0.4 is 5.32 Å². The van der Waals surface area contributed by atoms with Crippen LogP contribution in [0.15, 0.2) is 27.4 Å². The first-order chi connectivity index (χ1) is 8.96. The Balaban J connectivity index is 1.88. The fraction of sp³-hybridized carbons (Fsp3) is 0.385. The van der Waals surface area contributed by atoms with E-state index in [0.717, 1.165) is 5.56 Å². The number of hydrogen-bond acceptors (Lipinski definition) is 5. The summed E-state index contributed by atoms with van der Waals surface area (Å²) < 4.78 is 4.83. The van der Waals surface area contributed by atoms with Crippen LogP contribution in [0.1, 0.15) is 28.7 Å². The molecule has 0 saturated heterocycles. The van der Waals surface area contributed by atoms with Gasteiger partial charge in [0.25, 0.3) is 5.91 Å². The summed E-state index contributed by atoms with van der Waals surface area (Å²) in [5.74, 6) is 0.234. The second-order valence-corrected chi connectivity index (χ2v) is 5.59. The summed E-state index contributed by atoms with van der Waals surface area (Å²) in [4.78, 5) is 11.8. The number of thiophene rings is 1. The van der Waals surface area contributed by atoms with E-state index in [9.17, 15) is 9.90 Å². The number of nitrogens with one attached hydrogen (secondary N) is 1. The molecule has 0 aliphatic heterocycles. The molecule has 0 saturated carbocycles. The van der Waals surface area contributed by atoms with Crippen molar-refractivity contribution in [3.8, 4) is 0 Å². The van der Waals surface area contributed by atoms with Crippen molar-refractivity contribution >= 4 is 17.2 Å². The minimum absolute atomic E-state index is 0.160. The summed E-state index contributed by atoms with van der Waals surface area (Å²) in [6.45, 7) is 3.57. The molecule has 2 rings (SSSR count). The maximum absolute atomic E-state index is 11.8. The highest BCUT2D eigenvalue weighted by molar-refractivity contribution is 7.07. The maximum Gasteiger partial charge on any atom is 0.273 e. The second-order valence-electron chi connectivity index (χ2n) is 4.81. The van der Waals surface area contributed by atoms with Gasteiger partial charge in [-0.2, -0.15) is 11.3 Å². The number of aromatic nitrogens is 1. The summed E-state index contributed by atoms with van der Waals surface area (Å²) in [6.07, 6.45) is 0.495. The molecular weight excluding hydrogens is 264 g/mol. The van der Waals surface area contributed by atoms with Crippen LogP contribution in [0.4, 0.5) is 0 Å². The molecule has 0 spiro atoms. The zero-order valence-corrected chi connectivity index (χ0v) is 11.7. The average Bonchev–Trinajstić information content (AvgIpc) is 2.97. The smallest absolute Gasteiger partial charge is 0.273 e. The lowest BCUT2D eigenvalue weighted by atomic mass is 9.98. The first-order valence-corrected chi connectivity index (χ1v) is 6.85. The van der Waals surface area contributed by atoms with Gasteiger partial charge in [0, 0.05) is 19.0 Å². The molecule has 5 nitrogen and oxygen atoms in total. The zero-order chi connectivity index (χ0) is 13.9. The Hall–Kier alpha value is -1.66. The number of aliphatic hydroxyl groups is 1. The average molecular weight is 280 g/mol. The van der Waals surface area contributed by atoms with E-state index in [1.165, 1.54) is 0 Å². The molecule has 2 N–H and O–H groups in total. The Kier molecular flexibility index (Phi) is 4.01. The molecule has 2 aromatic heterocycles. The Labute approximate surface area is 115 Å². The van der Waals surface area contributed by atoms with E-state index in [2.05, 4.69) is 10.5 Å². The SMILES string of the molecule is Cc1cc(C(=O)NCC(C)(O)Cc2ccsc2)no1. The Morgan fingerprint density at radius 3 is 3.00 bits per heavy atom. The zero-order valence-electron chi connectivity index (χ0n) is 10.8. The minimum atomic E-state index is -0.991. The van der Waals surface area contributed by atoms with Crippen LogP contribution in [0, 0.1) is 6.92 Å². The van der Waals surface area contributed by atoms with E-state index in [1.54, 1.807) is 31.3 Å². The molecule has 1 amide bonds. The van der Waals surface area contributed by atoms with Gasteiger partial charge in [0.1, 0.15) is 5.76 Å². The van der Waals surface area contributed by atoms with Crippen LogP contribution >= 0.6 is 11.3 Å². The Morgan fingerprint density at radius 1 is 1.63 bits per heavy atom. The van der Waals surface area contributed by atoms with Gasteiger partial charge in [-0.15, -0.1) is 0 Å². The predicted octanol–water partition coefficient (Wildman–Crippen LogP) is 1.77. The van der Waals surface area contributed by atoms with Gasteiger partial charge in [0.15, 0.2) is 5.69 Å². The van der Waals surface area contributed by atoms with Gasteiger partial charge in [-0.3, -0.25) is 4.79 Å². The summed E-state index contributed by atoms with van der Waals surface area (Å²) >= 11 is 1.58. The number of carbonyl (C=O) groups is 1. The summed E-state index contributed by atoms with van der Waals surface area (Å²) in [5.41, 5.74) is 0.292. The van der Waals surface area contributed by atoms with Crippen LogP contribution in [0.5, 0.6) is 0 Å². The molecule has 0 aliphatic rings. The molecule has 0 aliphatic carbocycles. The summed E-state index contributed by atoms with van der Waals surface area (Å²) in [7, 11) is 0. The molecule has 19 heavy (non-hydrogen) atoms. The largest absolute Gasteiger partial charge is 0.388 e. The third kappa shape index (κ3) is 3.90. The fourth-order valence-electron chi connectivity index (χ4n) is 1.73. The van der Waals surface area contributed by atoms with Crippen molar-refractivity contribution in [2.24, 2.45) is 0 Å². The monoisotopic (exact) mass is 280 g/mol. The van der Waals surface area contributed by atoms with Crippen LogP contribution in [0.3, 0.4) is 0 Å². The first kappa shape index (κ1) is 13.8. The molecule has 2 aromatic rings. The van der Waals surface area contributed by atoms with Gasteiger partial charge in [-0.1, -0.05) is 5.16 Å². The van der Waals surface area contributed by atoms with Gasteiger partial charge in [-0.25, -0.2) is 0 Å². The number of amides is 1. The number of carbonyl (C=O) groups excluding carboxylic acids is 1. The van der Waals surface area contributed by atoms with Gasteiger partial charge < -0.3 is 14.9 Å². The lowest BCUT2D eigenvalue weighted by Gasteiger charge is -2.22. The molecule has 0 aromatic carbocycles. The third-order valence-electron chi connectivity index (χ3n) is 2.66. The normalized spacial score (nSPS) is 14.1. The molecule has 0 fully saturated rings. The lowest BCUT2D eigenvalue weighted by Crippen LogP contribution is -2.42. The number of aryl methyl sites for hydroxylation is 1. The van der Waals surface area contributed by atoms with Crippen molar-refractivity contribution < 1.29 is 14.4 Å². The first-order valence-electron chi connectivity index (χ1n) is 5.91. The Bertz CT molecular complexity index is 546. The molecule has 1 unspecified atom stereocenters. The predicted molar refractivity (Wildman–Crippen MR) is 72.2 cm³/mol. The van der Waals surface area contributed by atoms with E-state index < -0.39 is 5.60 Å². The van der Waals surface area contributed by atoms with Gasteiger partial charge >= 0.3 is 0 Å². The third-order valence-corrected chi connectivity index (χ3v) is 3.39. The number of nitrogens with zero attached hydrogens (tertiary/aromatic N) is 1. The van der Waals surface area contributed by atoms with Crippen LogP contribution in [-0.4, -0.2) is 28.3 Å².